The minimum Gasteiger partial charge on any atom is -0.256 e. The van der Waals surface area contributed by atoms with E-state index in [4.69, 9.17) is 0 Å². The van der Waals surface area contributed by atoms with Crippen molar-refractivity contribution in [2.45, 2.75) is 0 Å². The lowest BCUT2D eigenvalue weighted by Gasteiger charge is -2.19. The van der Waals surface area contributed by atoms with Gasteiger partial charge in [-0.2, -0.15) is 9.39 Å². The summed E-state index contributed by atoms with van der Waals surface area (Å²) in [5.74, 6) is 7.81. The van der Waals surface area contributed by atoms with Gasteiger partial charge in [-0.3, -0.25) is 4.49 Å². The summed E-state index contributed by atoms with van der Waals surface area (Å²) in [4.78, 5) is 0. The van der Waals surface area contributed by atoms with Gasteiger partial charge < -0.3 is 0 Å². The Morgan fingerprint density at radius 1 is 1.33 bits per heavy atom. The van der Waals surface area contributed by atoms with E-state index in [0.717, 1.165) is 0 Å². The van der Waals surface area contributed by atoms with E-state index in [0.29, 0.717) is 0 Å². The molecule has 0 atom stereocenters. The van der Waals surface area contributed by atoms with Gasteiger partial charge in [0.15, 0.2) is 0 Å². The molecule has 0 aliphatic heterocycles. The molecule has 0 fully saturated rings. The van der Waals surface area contributed by atoms with E-state index in [1.807, 2.05) is 6.26 Å². The number of hydrogen-bond donors (Lipinski definition) is 1. The molecule has 0 amide bonds. The Kier molecular flexibility index (Phi) is 2.63. The standard InChI is InChI=1S/C6H16NPS/c1-8(2,3)7-9(4,5)6/h7H,1,4-5H2,2-3,6H3. The molecule has 56 valence electrons. The molecule has 0 aromatic carbocycles. The van der Waals surface area contributed by atoms with Crippen molar-refractivity contribution in [1.29, 1.82) is 0 Å². The van der Waals surface area contributed by atoms with Gasteiger partial charge in [-0.1, -0.05) is 25.1 Å². The van der Waals surface area contributed by atoms with Crippen LogP contribution in [0.4, 0.5) is 0 Å². The predicted octanol–water partition coefficient (Wildman–Crippen LogP) is 1.41. The van der Waals surface area contributed by atoms with E-state index in [1.54, 1.807) is 0 Å². The van der Waals surface area contributed by atoms with Gasteiger partial charge in [0.25, 0.3) is 0 Å². The Hall–Kier alpha value is 0.350. The van der Waals surface area contributed by atoms with Crippen molar-refractivity contribution in [3.05, 3.63) is 0 Å². The van der Waals surface area contributed by atoms with E-state index in [1.165, 1.54) is 0 Å². The molecular formula is C6H16NPS. The fourth-order valence-electron chi connectivity index (χ4n) is 0.597. The lowest BCUT2D eigenvalue weighted by atomic mass is 11.9. The first-order valence-electron chi connectivity index (χ1n) is 2.62. The molecule has 0 bridgehead atoms. The zero-order chi connectivity index (χ0) is 7.71. The summed E-state index contributed by atoms with van der Waals surface area (Å²) in [6, 6.07) is 0. The van der Waals surface area contributed by atoms with E-state index in [-0.39, 0.29) is 0 Å². The van der Waals surface area contributed by atoms with E-state index in [9.17, 15) is 0 Å². The molecule has 0 heterocycles. The lowest BCUT2D eigenvalue weighted by Crippen LogP contribution is -2.02. The highest BCUT2D eigenvalue weighted by atomic mass is 32.2. The number of hydrogen-bond acceptors (Lipinski definition) is 1. The van der Waals surface area contributed by atoms with Gasteiger partial charge in [0, 0.05) is 0 Å². The zero-order valence-electron chi connectivity index (χ0n) is 6.48. The second-order valence-corrected chi connectivity index (χ2v) is 9.70. The summed E-state index contributed by atoms with van der Waals surface area (Å²) >= 11 is 0. The van der Waals surface area contributed by atoms with E-state index in [2.05, 4.69) is 35.9 Å². The van der Waals surface area contributed by atoms with Crippen molar-refractivity contribution in [2.75, 3.05) is 19.6 Å². The first kappa shape index (κ1) is 9.35. The summed E-state index contributed by atoms with van der Waals surface area (Å²) in [6.45, 7) is 4.24. The maximum Gasteiger partial charge on any atom is -0.0163 e. The molecule has 1 N–H and O–H groups in total. The SMILES string of the molecule is C=P(C)(C)NS(=C)(=C)C. The maximum atomic E-state index is 4.00. The van der Waals surface area contributed by atoms with Gasteiger partial charge in [0.05, 0.1) is 0 Å². The highest BCUT2D eigenvalue weighted by molar-refractivity contribution is 8.28. The van der Waals surface area contributed by atoms with Gasteiger partial charge in [-0.25, -0.2) is 0 Å². The Morgan fingerprint density at radius 2 is 1.67 bits per heavy atom. The van der Waals surface area contributed by atoms with Crippen LogP contribution in [0, 0.1) is 0 Å². The van der Waals surface area contributed by atoms with Crippen LogP contribution in [0.5, 0.6) is 0 Å². The van der Waals surface area contributed by atoms with Gasteiger partial charge in [-0.15, -0.1) is 0 Å². The fraction of sp³-hybridized carbons (Fsp3) is 0.500. The summed E-state index contributed by atoms with van der Waals surface area (Å²) in [6.07, 6.45) is 6.02. The third-order valence-corrected chi connectivity index (χ3v) is 4.21. The van der Waals surface area contributed by atoms with Gasteiger partial charge in [-0.05, 0) is 19.6 Å². The molecule has 3 heteroatoms. The minimum atomic E-state index is -1.13. The molecule has 0 rings (SSSR count). The molecule has 0 saturated carbocycles. The largest absolute Gasteiger partial charge is 0.256 e. The summed E-state index contributed by atoms with van der Waals surface area (Å²) in [5, 5.41) is 0. The predicted molar refractivity (Wildman–Crippen MR) is 56.8 cm³/mol. The molecule has 0 aromatic heterocycles. The molecule has 0 radical (unpaired) electrons. The normalized spacial score (nSPS) is 13.7. The van der Waals surface area contributed by atoms with Crippen LogP contribution in [0.3, 0.4) is 0 Å². The van der Waals surface area contributed by atoms with E-state index < -0.39 is 16.4 Å². The van der Waals surface area contributed by atoms with E-state index >= 15 is 0 Å². The second-order valence-electron chi connectivity index (χ2n) is 3.05. The second kappa shape index (κ2) is 2.53. The van der Waals surface area contributed by atoms with Crippen LogP contribution in [0.25, 0.3) is 0 Å². The van der Waals surface area contributed by atoms with Crippen molar-refractivity contribution < 1.29 is 0 Å². The summed E-state index contributed by atoms with van der Waals surface area (Å²) < 4.78 is 3.32. The van der Waals surface area contributed by atoms with Crippen LogP contribution in [0.2, 0.25) is 0 Å². The molecule has 0 aliphatic carbocycles. The molecule has 0 aromatic rings. The average molecular weight is 165 g/mol. The Balaban J connectivity index is 4.26. The Bertz CT molecular complexity index is 219. The molecule has 0 saturated heterocycles. The van der Waals surface area contributed by atoms with Crippen molar-refractivity contribution in [3.63, 3.8) is 0 Å². The molecule has 1 nitrogen and oxygen atoms in total. The van der Waals surface area contributed by atoms with Crippen LogP contribution in [0.1, 0.15) is 0 Å². The fourth-order valence-corrected chi connectivity index (χ4v) is 5.37. The zero-order valence-corrected chi connectivity index (χ0v) is 8.19. The van der Waals surface area contributed by atoms with Gasteiger partial charge >= 0.3 is 0 Å². The molecule has 9 heavy (non-hydrogen) atoms. The minimum absolute atomic E-state index is 1.04. The highest BCUT2D eigenvalue weighted by Gasteiger charge is 1.96. The Labute approximate surface area is 59.1 Å². The van der Waals surface area contributed by atoms with Crippen molar-refractivity contribution in [3.8, 4) is 0 Å². The van der Waals surface area contributed by atoms with Crippen LogP contribution in [-0.4, -0.2) is 37.6 Å². The van der Waals surface area contributed by atoms with Crippen molar-refractivity contribution in [2.24, 2.45) is 0 Å². The molecule has 0 spiro atoms. The van der Waals surface area contributed by atoms with Crippen LogP contribution in [-0.2, 0) is 0 Å². The van der Waals surface area contributed by atoms with Crippen LogP contribution < -0.4 is 4.49 Å². The number of rotatable bonds is 2. The monoisotopic (exact) mass is 165 g/mol. The Morgan fingerprint density at radius 3 is 1.67 bits per heavy atom. The smallest absolute Gasteiger partial charge is 0.0163 e. The van der Waals surface area contributed by atoms with Gasteiger partial charge in [0.2, 0.25) is 0 Å². The maximum absolute atomic E-state index is 4.00. The first-order valence-corrected chi connectivity index (χ1v) is 7.87. The highest BCUT2D eigenvalue weighted by Crippen LogP contribution is 2.35. The summed E-state index contributed by atoms with van der Waals surface area (Å²) in [5.41, 5.74) is 0. The van der Waals surface area contributed by atoms with Gasteiger partial charge in [0.1, 0.15) is 0 Å². The third-order valence-electron chi connectivity index (χ3n) is 0.468. The number of nitrogens with one attached hydrogen (secondary N) is 1. The van der Waals surface area contributed by atoms with Crippen LogP contribution in [0.15, 0.2) is 0 Å². The third kappa shape index (κ3) is 8.35. The molecule has 0 aliphatic rings. The van der Waals surface area contributed by atoms with Crippen LogP contribution >= 0.6 is 16.4 Å². The average Bonchev–Trinajstić information content (AvgIpc) is 1.14. The van der Waals surface area contributed by atoms with Crippen molar-refractivity contribution >= 4 is 34.5 Å². The summed E-state index contributed by atoms with van der Waals surface area (Å²) in [7, 11) is -2.17. The quantitative estimate of drug-likeness (QED) is 0.482. The van der Waals surface area contributed by atoms with Crippen molar-refractivity contribution in [1.82, 2.24) is 4.49 Å². The lowest BCUT2D eigenvalue weighted by molar-refractivity contribution is 1.66. The molecule has 0 unspecified atom stereocenters. The first-order chi connectivity index (χ1) is 3.71. The molecular weight excluding hydrogens is 149 g/mol. The topological polar surface area (TPSA) is 12.0 Å².